The Morgan fingerprint density at radius 3 is 1.59 bits per heavy atom. The van der Waals surface area contributed by atoms with Crippen LogP contribution in [0.1, 0.15) is 0 Å². The molecule has 2 heterocycles. The van der Waals surface area contributed by atoms with Gasteiger partial charge in [0, 0.05) is 118 Å². The van der Waals surface area contributed by atoms with Gasteiger partial charge in [-0.1, -0.05) is 6.58 Å². The van der Waals surface area contributed by atoms with Crippen LogP contribution in [0.15, 0.2) is 22.4 Å². The van der Waals surface area contributed by atoms with Crippen molar-refractivity contribution < 1.29 is 4.79 Å². The molecular formula is C23H49N13O. The van der Waals surface area contributed by atoms with E-state index in [-0.39, 0.29) is 5.96 Å². The van der Waals surface area contributed by atoms with E-state index in [1.54, 1.807) is 0 Å². The molecule has 0 aromatic carbocycles. The molecule has 2 aliphatic rings. The zero-order valence-electron chi connectivity index (χ0n) is 22.3. The van der Waals surface area contributed by atoms with Gasteiger partial charge in [-0.3, -0.25) is 4.79 Å². The lowest BCUT2D eigenvalue weighted by Gasteiger charge is -2.28. The van der Waals surface area contributed by atoms with E-state index in [4.69, 9.17) is 10.7 Å². The second-order valence-corrected chi connectivity index (χ2v) is 8.80. The van der Waals surface area contributed by atoms with Gasteiger partial charge in [-0.15, -0.1) is 0 Å². The topological polar surface area (TPSA) is 171 Å². The molecule has 2 aliphatic heterocycles. The third-order valence-corrected chi connectivity index (χ3v) is 5.90. The molecule has 0 spiro atoms. The molecule has 2 rings (SSSR count). The highest BCUT2D eigenvalue weighted by atomic mass is 16.1. The van der Waals surface area contributed by atoms with Gasteiger partial charge in [0.2, 0.25) is 12.4 Å². The van der Waals surface area contributed by atoms with Crippen LogP contribution in [0.2, 0.25) is 0 Å². The first-order chi connectivity index (χ1) is 18.2. The molecule has 2 fully saturated rings. The fourth-order valence-corrected chi connectivity index (χ4v) is 3.82. The Morgan fingerprint density at radius 2 is 1.14 bits per heavy atom. The first-order valence-corrected chi connectivity index (χ1v) is 13.5. The predicted molar refractivity (Wildman–Crippen MR) is 151 cm³/mol. The van der Waals surface area contributed by atoms with Crippen LogP contribution >= 0.6 is 0 Å². The van der Waals surface area contributed by atoms with Gasteiger partial charge in [-0.2, -0.15) is 9.98 Å². The van der Waals surface area contributed by atoms with Gasteiger partial charge >= 0.3 is 0 Å². The summed E-state index contributed by atoms with van der Waals surface area (Å²) in [6.07, 6.45) is 0.662. The van der Waals surface area contributed by atoms with E-state index in [0.717, 1.165) is 105 Å². The van der Waals surface area contributed by atoms with Crippen molar-refractivity contribution in [2.24, 2.45) is 15.7 Å². The van der Waals surface area contributed by atoms with Crippen molar-refractivity contribution in [2.75, 3.05) is 118 Å². The van der Waals surface area contributed by atoms with Crippen molar-refractivity contribution >= 4 is 18.3 Å². The number of nitrogens with one attached hydrogen (secondary N) is 8. The maximum Gasteiger partial charge on any atom is 0.230 e. The number of carbonyl (C=O) groups excluding carboxylic acids is 1. The van der Waals surface area contributed by atoms with E-state index in [2.05, 4.69) is 63.9 Å². The Kier molecular flexibility index (Phi) is 17.1. The quantitative estimate of drug-likeness (QED) is 0.0713. The van der Waals surface area contributed by atoms with Crippen LogP contribution in [0.5, 0.6) is 0 Å². The van der Waals surface area contributed by atoms with Gasteiger partial charge in [-0.05, 0) is 0 Å². The number of guanidine groups is 2. The minimum atomic E-state index is 0.250. The normalized spacial score (nSPS) is 21.0. The molecule has 0 atom stereocenters. The van der Waals surface area contributed by atoms with Crippen molar-refractivity contribution in [3.8, 4) is 0 Å². The van der Waals surface area contributed by atoms with Crippen LogP contribution in [0.3, 0.4) is 0 Å². The summed E-state index contributed by atoms with van der Waals surface area (Å²) in [6, 6.07) is 0. The summed E-state index contributed by atoms with van der Waals surface area (Å²) < 4.78 is 0. The Morgan fingerprint density at radius 1 is 0.703 bits per heavy atom. The largest absolute Gasteiger partial charge is 0.370 e. The summed E-state index contributed by atoms with van der Waals surface area (Å²) in [5, 5.41) is 26.4. The highest BCUT2D eigenvalue weighted by Gasteiger charge is 2.15. The van der Waals surface area contributed by atoms with Crippen molar-refractivity contribution in [1.29, 1.82) is 0 Å². The second kappa shape index (κ2) is 20.6. The molecule has 212 valence electrons. The third kappa shape index (κ3) is 14.7. The molecule has 0 unspecified atom stereocenters. The van der Waals surface area contributed by atoms with E-state index in [9.17, 15) is 4.79 Å². The molecule has 37 heavy (non-hydrogen) atoms. The molecule has 14 heteroatoms. The number of hydrogen-bond donors (Lipinski definition) is 9. The molecule has 0 aromatic heterocycles. The highest BCUT2D eigenvalue weighted by Crippen LogP contribution is 2.06. The molecule has 0 saturated carbocycles. The second-order valence-electron chi connectivity index (χ2n) is 8.80. The number of rotatable bonds is 6. The Labute approximate surface area is 221 Å². The molecule has 0 aromatic rings. The summed E-state index contributed by atoms with van der Waals surface area (Å²) in [7, 11) is 0. The summed E-state index contributed by atoms with van der Waals surface area (Å²) in [4.78, 5) is 24.4. The number of nitrogens with two attached hydrogens (primary N) is 1. The SMILES string of the molecule is C=C(/N=C(\N=C(/N)NCCNC=O)N1CCNCCNCCNCC1)N1CCNCCNCCNCC1. The van der Waals surface area contributed by atoms with Gasteiger partial charge in [0.15, 0.2) is 5.96 Å². The number of amides is 1. The first-order valence-electron chi connectivity index (χ1n) is 13.5. The van der Waals surface area contributed by atoms with Crippen LogP contribution in [0.4, 0.5) is 0 Å². The van der Waals surface area contributed by atoms with Crippen molar-refractivity contribution in [1.82, 2.24) is 52.3 Å². The molecule has 10 N–H and O–H groups in total. The minimum absolute atomic E-state index is 0.250. The van der Waals surface area contributed by atoms with Crippen LogP contribution in [0.25, 0.3) is 0 Å². The molecule has 2 saturated heterocycles. The Balaban J connectivity index is 2.17. The highest BCUT2D eigenvalue weighted by molar-refractivity contribution is 5.94. The molecule has 0 bridgehead atoms. The van der Waals surface area contributed by atoms with E-state index in [1.807, 2.05) is 0 Å². The number of aliphatic imine (C=N–C) groups is 2. The van der Waals surface area contributed by atoms with Gasteiger partial charge in [0.1, 0.15) is 5.82 Å². The molecule has 0 aliphatic carbocycles. The minimum Gasteiger partial charge on any atom is -0.370 e. The maximum absolute atomic E-state index is 10.5. The molecular weight excluding hydrogens is 474 g/mol. The van der Waals surface area contributed by atoms with E-state index in [1.165, 1.54) is 0 Å². The Bertz CT molecular complexity index is 664. The molecule has 0 radical (unpaired) electrons. The number of nitrogens with zero attached hydrogens (tertiary/aromatic N) is 4. The monoisotopic (exact) mass is 523 g/mol. The standard InChI is InChI=1S/C23H49N13O/c1-21(35-16-12-27-6-2-25-3-7-28-13-17-35)33-23(34-22(24)32-11-10-31-20-37)36-18-14-29-8-4-26-5-9-30-15-19-36/h20,25-30H,1-19H2,(H,31,37)(H3,24,32,33,34). The maximum atomic E-state index is 10.5. The average molecular weight is 524 g/mol. The smallest absolute Gasteiger partial charge is 0.230 e. The number of hydrogen-bond acceptors (Lipinski definition) is 9. The fourth-order valence-electron chi connectivity index (χ4n) is 3.82. The van der Waals surface area contributed by atoms with Crippen LogP contribution in [0, 0.1) is 0 Å². The lowest BCUT2D eigenvalue weighted by atomic mass is 10.4. The summed E-state index contributed by atoms with van der Waals surface area (Å²) in [6.45, 7) is 18.9. The van der Waals surface area contributed by atoms with Gasteiger partial charge in [0.25, 0.3) is 0 Å². The Hall–Kier alpha value is -2.49. The van der Waals surface area contributed by atoms with E-state index < -0.39 is 0 Å². The van der Waals surface area contributed by atoms with Crippen molar-refractivity contribution in [2.45, 2.75) is 0 Å². The lowest BCUT2D eigenvalue weighted by Crippen LogP contribution is -2.45. The van der Waals surface area contributed by atoms with Gasteiger partial charge in [-0.25, -0.2) is 0 Å². The zero-order chi connectivity index (χ0) is 26.4. The molecule has 1 amide bonds. The number of carbonyl (C=O) groups is 1. The van der Waals surface area contributed by atoms with Crippen LogP contribution < -0.4 is 48.3 Å². The summed E-state index contributed by atoms with van der Waals surface area (Å²) in [5.41, 5.74) is 6.21. The van der Waals surface area contributed by atoms with E-state index in [0.29, 0.717) is 31.3 Å². The van der Waals surface area contributed by atoms with Crippen LogP contribution in [-0.4, -0.2) is 146 Å². The van der Waals surface area contributed by atoms with Crippen LogP contribution in [-0.2, 0) is 4.79 Å². The lowest BCUT2D eigenvalue weighted by molar-refractivity contribution is -0.109. The van der Waals surface area contributed by atoms with E-state index >= 15 is 0 Å². The van der Waals surface area contributed by atoms with Crippen molar-refractivity contribution in [3.05, 3.63) is 12.4 Å². The summed E-state index contributed by atoms with van der Waals surface area (Å²) >= 11 is 0. The molecule has 14 nitrogen and oxygen atoms in total. The predicted octanol–water partition coefficient (Wildman–Crippen LogP) is -4.37. The van der Waals surface area contributed by atoms with Crippen molar-refractivity contribution in [3.63, 3.8) is 0 Å². The fraction of sp³-hybridized carbons (Fsp3) is 0.783. The van der Waals surface area contributed by atoms with Gasteiger partial charge in [0.05, 0.1) is 0 Å². The van der Waals surface area contributed by atoms with Gasteiger partial charge < -0.3 is 58.1 Å². The summed E-state index contributed by atoms with van der Waals surface area (Å²) in [5.74, 6) is 1.43. The third-order valence-electron chi connectivity index (χ3n) is 5.90. The first kappa shape index (κ1) is 30.7. The zero-order valence-corrected chi connectivity index (χ0v) is 22.3. The average Bonchev–Trinajstić information content (AvgIpc) is 2.87.